The lowest BCUT2D eigenvalue weighted by atomic mass is 10.1. The van der Waals surface area contributed by atoms with Crippen molar-refractivity contribution < 1.29 is 13.9 Å². The molecule has 0 amide bonds. The standard InChI is InChI=1S/C15H13NO3/c1-3-8-18-15(17)14-7-6-13(19-14)12-5-4-11(16)9-10(12)2/h1,4-7,9H,8,16H2,2H3. The molecular formula is C15H13NO3. The van der Waals surface area contributed by atoms with E-state index in [9.17, 15) is 4.79 Å². The molecule has 0 radical (unpaired) electrons. The van der Waals surface area contributed by atoms with Crippen LogP contribution in [0, 0.1) is 19.3 Å². The lowest BCUT2D eigenvalue weighted by Gasteiger charge is -2.03. The summed E-state index contributed by atoms with van der Waals surface area (Å²) in [4.78, 5) is 11.6. The van der Waals surface area contributed by atoms with Gasteiger partial charge in [0.15, 0.2) is 6.61 Å². The molecule has 0 aliphatic carbocycles. The summed E-state index contributed by atoms with van der Waals surface area (Å²) in [5, 5.41) is 0. The van der Waals surface area contributed by atoms with E-state index in [0.717, 1.165) is 11.1 Å². The molecule has 2 rings (SSSR count). The predicted molar refractivity (Wildman–Crippen MR) is 72.4 cm³/mol. The smallest absolute Gasteiger partial charge is 0.375 e. The zero-order valence-electron chi connectivity index (χ0n) is 10.5. The Morgan fingerprint density at radius 2 is 2.21 bits per heavy atom. The van der Waals surface area contributed by atoms with Gasteiger partial charge in [-0.1, -0.05) is 5.92 Å². The summed E-state index contributed by atoms with van der Waals surface area (Å²) in [6.07, 6.45) is 5.02. The second-order valence-electron chi connectivity index (χ2n) is 4.02. The second kappa shape index (κ2) is 5.32. The minimum Gasteiger partial charge on any atom is -0.449 e. The van der Waals surface area contributed by atoms with E-state index in [1.807, 2.05) is 19.1 Å². The number of nitrogen functional groups attached to an aromatic ring is 1. The molecule has 2 aromatic rings. The summed E-state index contributed by atoms with van der Waals surface area (Å²) >= 11 is 0. The van der Waals surface area contributed by atoms with Crippen LogP contribution in [0.5, 0.6) is 0 Å². The number of furan rings is 1. The van der Waals surface area contributed by atoms with Crippen LogP contribution in [-0.4, -0.2) is 12.6 Å². The largest absolute Gasteiger partial charge is 0.449 e. The van der Waals surface area contributed by atoms with Crippen LogP contribution in [0.4, 0.5) is 5.69 Å². The summed E-state index contributed by atoms with van der Waals surface area (Å²) in [5.41, 5.74) is 8.22. The Hall–Kier alpha value is -2.67. The maximum Gasteiger partial charge on any atom is 0.375 e. The highest BCUT2D eigenvalue weighted by Gasteiger charge is 2.14. The molecule has 0 bridgehead atoms. The zero-order valence-corrected chi connectivity index (χ0v) is 10.5. The van der Waals surface area contributed by atoms with Crippen LogP contribution < -0.4 is 5.73 Å². The van der Waals surface area contributed by atoms with Gasteiger partial charge in [0.2, 0.25) is 5.76 Å². The molecule has 4 heteroatoms. The number of terminal acetylenes is 1. The Morgan fingerprint density at radius 1 is 1.42 bits per heavy atom. The number of nitrogens with two attached hydrogens (primary N) is 1. The topological polar surface area (TPSA) is 65.5 Å². The number of hydrogen-bond acceptors (Lipinski definition) is 4. The Labute approximate surface area is 111 Å². The van der Waals surface area contributed by atoms with Crippen LogP contribution in [0.1, 0.15) is 16.1 Å². The average molecular weight is 255 g/mol. The zero-order chi connectivity index (χ0) is 13.8. The van der Waals surface area contributed by atoms with Crippen molar-refractivity contribution in [3.63, 3.8) is 0 Å². The number of carbonyl (C=O) groups is 1. The van der Waals surface area contributed by atoms with Crippen LogP contribution in [0.15, 0.2) is 34.7 Å². The molecule has 2 N–H and O–H groups in total. The Kier molecular flexibility index (Phi) is 3.58. The van der Waals surface area contributed by atoms with Crippen LogP contribution >= 0.6 is 0 Å². The van der Waals surface area contributed by atoms with Crippen LogP contribution in [0.25, 0.3) is 11.3 Å². The highest BCUT2D eigenvalue weighted by molar-refractivity contribution is 5.87. The molecule has 0 atom stereocenters. The molecule has 0 saturated carbocycles. The summed E-state index contributed by atoms with van der Waals surface area (Å²) in [6, 6.07) is 8.74. The molecule has 0 aliphatic rings. The van der Waals surface area contributed by atoms with Crippen molar-refractivity contribution in [2.75, 3.05) is 12.3 Å². The highest BCUT2D eigenvalue weighted by atomic mass is 16.5. The first-order valence-electron chi connectivity index (χ1n) is 5.68. The lowest BCUT2D eigenvalue weighted by Crippen LogP contribution is -2.03. The van der Waals surface area contributed by atoms with Crippen molar-refractivity contribution in [2.45, 2.75) is 6.92 Å². The van der Waals surface area contributed by atoms with Crippen molar-refractivity contribution in [3.8, 4) is 23.7 Å². The molecule has 96 valence electrons. The molecule has 0 saturated heterocycles. The molecule has 0 aliphatic heterocycles. The number of ether oxygens (including phenoxy) is 1. The summed E-state index contributed by atoms with van der Waals surface area (Å²) < 4.78 is 10.3. The quantitative estimate of drug-likeness (QED) is 0.520. The van der Waals surface area contributed by atoms with Gasteiger partial charge < -0.3 is 14.9 Å². The van der Waals surface area contributed by atoms with Gasteiger partial charge in [0.05, 0.1) is 0 Å². The molecule has 1 aromatic carbocycles. The summed E-state index contributed by atoms with van der Waals surface area (Å²) in [7, 11) is 0. The number of rotatable bonds is 3. The van der Waals surface area contributed by atoms with Gasteiger partial charge in [-0.25, -0.2) is 4.79 Å². The first kappa shape index (κ1) is 12.8. The highest BCUT2D eigenvalue weighted by Crippen LogP contribution is 2.27. The molecule has 0 spiro atoms. The van der Waals surface area contributed by atoms with E-state index in [-0.39, 0.29) is 12.4 Å². The van der Waals surface area contributed by atoms with Crippen molar-refractivity contribution >= 4 is 11.7 Å². The van der Waals surface area contributed by atoms with Gasteiger partial charge in [0.1, 0.15) is 5.76 Å². The first-order valence-corrected chi connectivity index (χ1v) is 5.68. The van der Waals surface area contributed by atoms with E-state index >= 15 is 0 Å². The van der Waals surface area contributed by atoms with Gasteiger partial charge in [-0.3, -0.25) is 0 Å². The van der Waals surface area contributed by atoms with Crippen molar-refractivity contribution in [1.82, 2.24) is 0 Å². The summed E-state index contributed by atoms with van der Waals surface area (Å²) in [6.45, 7) is 1.85. The van der Waals surface area contributed by atoms with Crippen molar-refractivity contribution in [1.29, 1.82) is 0 Å². The van der Waals surface area contributed by atoms with E-state index in [1.165, 1.54) is 0 Å². The Morgan fingerprint density at radius 3 is 2.89 bits per heavy atom. The first-order chi connectivity index (χ1) is 9.11. The van der Waals surface area contributed by atoms with Gasteiger partial charge in [-0.05, 0) is 42.8 Å². The third-order valence-corrected chi connectivity index (χ3v) is 2.61. The molecular weight excluding hydrogens is 242 g/mol. The molecule has 4 nitrogen and oxygen atoms in total. The minimum atomic E-state index is -0.572. The van der Waals surface area contributed by atoms with Gasteiger partial charge in [0, 0.05) is 11.3 Å². The maximum atomic E-state index is 11.6. The van der Waals surface area contributed by atoms with E-state index in [1.54, 1.807) is 18.2 Å². The average Bonchev–Trinajstić information content (AvgIpc) is 2.85. The van der Waals surface area contributed by atoms with Gasteiger partial charge >= 0.3 is 5.97 Å². The number of anilines is 1. The van der Waals surface area contributed by atoms with Gasteiger partial charge in [-0.15, -0.1) is 6.42 Å². The fourth-order valence-electron chi connectivity index (χ4n) is 1.73. The maximum absolute atomic E-state index is 11.6. The van der Waals surface area contributed by atoms with Crippen molar-refractivity contribution in [2.24, 2.45) is 0 Å². The normalized spacial score (nSPS) is 9.89. The molecule has 0 fully saturated rings. The van der Waals surface area contributed by atoms with E-state index in [2.05, 4.69) is 5.92 Å². The predicted octanol–water partition coefficient (Wildman–Crippen LogP) is 2.63. The van der Waals surface area contributed by atoms with Crippen LogP contribution in [0.2, 0.25) is 0 Å². The molecule has 0 unspecified atom stereocenters. The number of aryl methyl sites for hydroxylation is 1. The number of esters is 1. The van der Waals surface area contributed by atoms with E-state index in [0.29, 0.717) is 11.4 Å². The second-order valence-corrected chi connectivity index (χ2v) is 4.02. The monoisotopic (exact) mass is 255 g/mol. The van der Waals surface area contributed by atoms with Crippen molar-refractivity contribution in [3.05, 3.63) is 41.7 Å². The molecule has 1 aromatic heterocycles. The lowest BCUT2D eigenvalue weighted by molar-refractivity contribution is 0.0521. The summed E-state index contributed by atoms with van der Waals surface area (Å²) in [5.74, 6) is 2.37. The third-order valence-electron chi connectivity index (χ3n) is 2.61. The van der Waals surface area contributed by atoms with Gasteiger partial charge in [-0.2, -0.15) is 0 Å². The number of hydrogen-bond donors (Lipinski definition) is 1. The number of benzene rings is 1. The Bertz CT molecular complexity index is 650. The Balaban J connectivity index is 2.26. The SMILES string of the molecule is C#CCOC(=O)c1ccc(-c2ccc(N)cc2C)o1. The fraction of sp³-hybridized carbons (Fsp3) is 0.133. The van der Waals surface area contributed by atoms with E-state index in [4.69, 9.17) is 21.3 Å². The fourth-order valence-corrected chi connectivity index (χ4v) is 1.73. The van der Waals surface area contributed by atoms with Crippen LogP contribution in [-0.2, 0) is 4.74 Å². The number of carbonyl (C=O) groups excluding carboxylic acids is 1. The van der Waals surface area contributed by atoms with E-state index < -0.39 is 5.97 Å². The molecule has 1 heterocycles. The minimum absolute atomic E-state index is 0.0736. The van der Waals surface area contributed by atoms with Crippen LogP contribution in [0.3, 0.4) is 0 Å². The molecule has 19 heavy (non-hydrogen) atoms. The third kappa shape index (κ3) is 2.78. The van der Waals surface area contributed by atoms with Gasteiger partial charge in [0.25, 0.3) is 0 Å².